The molecule has 0 aliphatic rings. The number of hydrogen-bond acceptors (Lipinski definition) is 6. The SMILES string of the molecule is OCCSCc1ccnc(NCc2cnc3ccsc3c2)c1. The van der Waals surface area contributed by atoms with E-state index in [2.05, 4.69) is 32.8 Å². The van der Waals surface area contributed by atoms with E-state index in [1.807, 2.05) is 24.5 Å². The summed E-state index contributed by atoms with van der Waals surface area (Å²) >= 11 is 3.43. The first kappa shape index (κ1) is 15.3. The van der Waals surface area contributed by atoms with Crippen molar-refractivity contribution < 1.29 is 5.11 Å². The van der Waals surface area contributed by atoms with Crippen molar-refractivity contribution in [3.8, 4) is 0 Å². The molecule has 0 unspecified atom stereocenters. The van der Waals surface area contributed by atoms with E-state index in [0.29, 0.717) is 6.54 Å². The first-order valence-electron chi connectivity index (χ1n) is 7.05. The number of nitrogens with zero attached hydrogens (tertiary/aromatic N) is 2. The first-order valence-corrected chi connectivity index (χ1v) is 9.08. The molecule has 0 amide bonds. The second-order valence-electron chi connectivity index (χ2n) is 4.83. The number of rotatable bonds is 7. The Morgan fingerprint density at radius 3 is 3.05 bits per heavy atom. The number of fused-ring (bicyclic) bond motifs is 1. The van der Waals surface area contributed by atoms with Gasteiger partial charge in [-0.1, -0.05) is 0 Å². The lowest BCUT2D eigenvalue weighted by atomic mass is 10.2. The van der Waals surface area contributed by atoms with Gasteiger partial charge in [-0.25, -0.2) is 4.98 Å². The molecule has 3 heterocycles. The van der Waals surface area contributed by atoms with Gasteiger partial charge in [0.15, 0.2) is 0 Å². The zero-order chi connectivity index (χ0) is 15.2. The molecule has 0 bridgehead atoms. The van der Waals surface area contributed by atoms with Crippen molar-refractivity contribution in [2.45, 2.75) is 12.3 Å². The van der Waals surface area contributed by atoms with Gasteiger partial charge >= 0.3 is 0 Å². The van der Waals surface area contributed by atoms with Crippen molar-refractivity contribution in [3.05, 3.63) is 53.2 Å². The van der Waals surface area contributed by atoms with Crippen LogP contribution in [0.2, 0.25) is 0 Å². The van der Waals surface area contributed by atoms with Gasteiger partial charge in [-0.3, -0.25) is 4.98 Å². The molecule has 6 heteroatoms. The summed E-state index contributed by atoms with van der Waals surface area (Å²) in [7, 11) is 0. The molecule has 3 rings (SSSR count). The molecule has 22 heavy (non-hydrogen) atoms. The van der Waals surface area contributed by atoms with Crippen molar-refractivity contribution in [1.29, 1.82) is 0 Å². The van der Waals surface area contributed by atoms with Crippen LogP contribution in [-0.2, 0) is 12.3 Å². The molecule has 0 aliphatic heterocycles. The number of aliphatic hydroxyl groups is 1. The van der Waals surface area contributed by atoms with Crippen LogP contribution in [0.1, 0.15) is 11.1 Å². The Bertz CT molecular complexity index is 745. The molecule has 0 saturated carbocycles. The van der Waals surface area contributed by atoms with Crippen molar-refractivity contribution >= 4 is 39.1 Å². The van der Waals surface area contributed by atoms with E-state index in [4.69, 9.17) is 5.11 Å². The van der Waals surface area contributed by atoms with Crippen molar-refractivity contribution in [3.63, 3.8) is 0 Å². The Hall–Kier alpha value is -1.63. The molecule has 0 aromatic carbocycles. The number of thiophene rings is 1. The fourth-order valence-corrected chi connectivity index (χ4v) is 3.58. The zero-order valence-electron chi connectivity index (χ0n) is 12.0. The molecule has 4 nitrogen and oxygen atoms in total. The van der Waals surface area contributed by atoms with Gasteiger partial charge in [0.25, 0.3) is 0 Å². The quantitative estimate of drug-likeness (QED) is 0.649. The van der Waals surface area contributed by atoms with E-state index in [-0.39, 0.29) is 6.61 Å². The third kappa shape index (κ3) is 3.97. The normalized spacial score (nSPS) is 11.0. The highest BCUT2D eigenvalue weighted by Crippen LogP contribution is 2.20. The summed E-state index contributed by atoms with van der Waals surface area (Å²) in [4.78, 5) is 8.79. The van der Waals surface area contributed by atoms with E-state index in [1.54, 1.807) is 23.1 Å². The molecular formula is C16H17N3OS2. The monoisotopic (exact) mass is 331 g/mol. The molecule has 3 aromatic rings. The number of pyridine rings is 2. The Morgan fingerprint density at radius 2 is 2.14 bits per heavy atom. The average molecular weight is 331 g/mol. The van der Waals surface area contributed by atoms with E-state index >= 15 is 0 Å². The van der Waals surface area contributed by atoms with Crippen molar-refractivity contribution in [2.75, 3.05) is 17.7 Å². The lowest BCUT2D eigenvalue weighted by Gasteiger charge is -2.07. The van der Waals surface area contributed by atoms with Gasteiger partial charge in [-0.2, -0.15) is 11.8 Å². The summed E-state index contributed by atoms with van der Waals surface area (Å²) < 4.78 is 1.21. The van der Waals surface area contributed by atoms with Crippen LogP contribution in [0.5, 0.6) is 0 Å². The Kier molecular flexibility index (Phi) is 5.26. The predicted molar refractivity (Wildman–Crippen MR) is 94.4 cm³/mol. The third-order valence-corrected chi connectivity index (χ3v) is 5.02. The predicted octanol–water partition coefficient (Wildman–Crippen LogP) is 3.53. The molecule has 2 N–H and O–H groups in total. The Labute approximate surface area is 137 Å². The first-order chi connectivity index (χ1) is 10.8. The molecule has 0 aliphatic carbocycles. The fourth-order valence-electron chi connectivity index (χ4n) is 2.09. The van der Waals surface area contributed by atoms with Gasteiger partial charge in [0.2, 0.25) is 0 Å². The largest absolute Gasteiger partial charge is 0.396 e. The second-order valence-corrected chi connectivity index (χ2v) is 6.88. The van der Waals surface area contributed by atoms with Gasteiger partial charge < -0.3 is 10.4 Å². The summed E-state index contributed by atoms with van der Waals surface area (Å²) in [6.07, 6.45) is 3.72. The van der Waals surface area contributed by atoms with Gasteiger partial charge in [0, 0.05) is 30.4 Å². The maximum absolute atomic E-state index is 8.82. The molecule has 0 atom stereocenters. The van der Waals surface area contributed by atoms with Crippen LogP contribution in [0.3, 0.4) is 0 Å². The summed E-state index contributed by atoms with van der Waals surface area (Å²) in [5.74, 6) is 2.52. The molecule has 0 spiro atoms. The minimum Gasteiger partial charge on any atom is -0.396 e. The lowest BCUT2D eigenvalue weighted by Crippen LogP contribution is -2.02. The van der Waals surface area contributed by atoms with Crippen molar-refractivity contribution in [2.24, 2.45) is 0 Å². The molecule has 0 radical (unpaired) electrons. The van der Waals surface area contributed by atoms with Crippen LogP contribution in [0, 0.1) is 0 Å². The minimum absolute atomic E-state index is 0.221. The highest BCUT2D eigenvalue weighted by Gasteiger charge is 2.01. The van der Waals surface area contributed by atoms with Crippen LogP contribution >= 0.6 is 23.1 Å². The highest BCUT2D eigenvalue weighted by molar-refractivity contribution is 7.98. The van der Waals surface area contributed by atoms with Crippen LogP contribution in [0.15, 0.2) is 42.0 Å². The van der Waals surface area contributed by atoms with E-state index in [1.165, 1.54) is 10.3 Å². The smallest absolute Gasteiger partial charge is 0.126 e. The molecule has 3 aromatic heterocycles. The number of anilines is 1. The molecular weight excluding hydrogens is 314 g/mol. The third-order valence-electron chi connectivity index (χ3n) is 3.16. The topological polar surface area (TPSA) is 58.0 Å². The maximum Gasteiger partial charge on any atom is 0.126 e. The number of thioether (sulfide) groups is 1. The highest BCUT2D eigenvalue weighted by atomic mass is 32.2. The lowest BCUT2D eigenvalue weighted by molar-refractivity contribution is 0.322. The minimum atomic E-state index is 0.221. The van der Waals surface area contributed by atoms with Crippen LogP contribution in [0.4, 0.5) is 5.82 Å². The van der Waals surface area contributed by atoms with Crippen molar-refractivity contribution in [1.82, 2.24) is 9.97 Å². The second kappa shape index (κ2) is 7.58. The van der Waals surface area contributed by atoms with Gasteiger partial charge in [0.05, 0.1) is 16.8 Å². The maximum atomic E-state index is 8.82. The van der Waals surface area contributed by atoms with Crippen LogP contribution in [-0.4, -0.2) is 27.4 Å². The molecule has 0 saturated heterocycles. The molecule has 114 valence electrons. The standard InChI is InChI=1S/C16H17N3OS2/c20-4-6-21-11-12-1-3-17-16(8-12)19-10-13-7-15-14(18-9-13)2-5-22-15/h1-3,5,7-9,20H,4,6,10-11H2,(H,17,19). The summed E-state index contributed by atoms with van der Waals surface area (Å²) in [5.41, 5.74) is 3.41. The van der Waals surface area contributed by atoms with Crippen LogP contribution in [0.25, 0.3) is 10.2 Å². The van der Waals surface area contributed by atoms with Gasteiger partial charge in [-0.15, -0.1) is 11.3 Å². The Morgan fingerprint density at radius 1 is 1.18 bits per heavy atom. The zero-order valence-corrected chi connectivity index (χ0v) is 13.7. The van der Waals surface area contributed by atoms with Gasteiger partial charge in [-0.05, 0) is 40.8 Å². The van der Waals surface area contributed by atoms with Crippen LogP contribution < -0.4 is 5.32 Å². The number of aromatic nitrogens is 2. The Balaban J connectivity index is 1.61. The van der Waals surface area contributed by atoms with Gasteiger partial charge in [0.1, 0.15) is 5.82 Å². The fraction of sp³-hybridized carbons (Fsp3) is 0.250. The average Bonchev–Trinajstić information content (AvgIpc) is 3.01. The van der Waals surface area contributed by atoms with E-state index in [0.717, 1.165) is 28.4 Å². The summed E-state index contributed by atoms with van der Waals surface area (Å²) in [6, 6.07) is 8.27. The summed E-state index contributed by atoms with van der Waals surface area (Å²) in [6.45, 7) is 0.931. The summed E-state index contributed by atoms with van der Waals surface area (Å²) in [5, 5.41) is 14.2. The van der Waals surface area contributed by atoms with E-state index < -0.39 is 0 Å². The molecule has 0 fully saturated rings. The van der Waals surface area contributed by atoms with E-state index in [9.17, 15) is 0 Å². The number of aliphatic hydroxyl groups excluding tert-OH is 1. The number of hydrogen-bond donors (Lipinski definition) is 2. The number of nitrogens with one attached hydrogen (secondary N) is 1.